The minimum Gasteiger partial charge on any atom is -0.494 e. The summed E-state index contributed by atoms with van der Waals surface area (Å²) in [6, 6.07) is 12.0. The summed E-state index contributed by atoms with van der Waals surface area (Å²) in [5.41, 5.74) is 1.36. The Morgan fingerprint density at radius 3 is 2.70 bits per heavy atom. The maximum Gasteiger partial charge on any atom is 0.228 e. The Bertz CT molecular complexity index is 631. The predicted molar refractivity (Wildman–Crippen MR) is 84.4 cm³/mol. The Labute approximate surface area is 130 Å². The Hall–Kier alpha value is -1.63. The van der Waals surface area contributed by atoms with Crippen molar-refractivity contribution in [2.45, 2.75) is 6.42 Å². The first kappa shape index (κ1) is 14.8. The molecule has 0 saturated carbocycles. The lowest BCUT2D eigenvalue weighted by Crippen LogP contribution is -2.15. The second-order valence-corrected chi connectivity index (χ2v) is 5.34. The van der Waals surface area contributed by atoms with E-state index in [0.717, 1.165) is 9.26 Å². The molecular weight excluding hydrogens is 372 g/mol. The topological polar surface area (TPSA) is 38.3 Å². The van der Waals surface area contributed by atoms with Gasteiger partial charge in [0, 0.05) is 3.57 Å². The fraction of sp³-hybridized carbons (Fsp3) is 0.133. The molecule has 0 aliphatic carbocycles. The third kappa shape index (κ3) is 3.69. The summed E-state index contributed by atoms with van der Waals surface area (Å²) in [6.45, 7) is 0. The van der Waals surface area contributed by atoms with Gasteiger partial charge in [-0.05, 0) is 52.4 Å². The Balaban J connectivity index is 2.05. The highest BCUT2D eigenvalue weighted by Gasteiger charge is 2.09. The number of ether oxygens (including phenoxy) is 1. The first-order chi connectivity index (χ1) is 9.60. The highest BCUT2D eigenvalue weighted by Crippen LogP contribution is 2.19. The van der Waals surface area contributed by atoms with Crippen LogP contribution in [0.15, 0.2) is 42.5 Å². The molecule has 20 heavy (non-hydrogen) atoms. The van der Waals surface area contributed by atoms with Crippen LogP contribution in [-0.4, -0.2) is 13.0 Å². The van der Waals surface area contributed by atoms with Crippen molar-refractivity contribution in [1.82, 2.24) is 0 Å². The SMILES string of the molecule is COc1ccc(CC(=O)Nc2ccccc2I)cc1F. The van der Waals surface area contributed by atoms with E-state index in [1.165, 1.54) is 19.2 Å². The van der Waals surface area contributed by atoms with Crippen molar-refractivity contribution < 1.29 is 13.9 Å². The number of hydrogen-bond donors (Lipinski definition) is 1. The van der Waals surface area contributed by atoms with E-state index in [1.54, 1.807) is 6.07 Å². The van der Waals surface area contributed by atoms with E-state index in [-0.39, 0.29) is 18.1 Å². The van der Waals surface area contributed by atoms with E-state index in [4.69, 9.17) is 4.74 Å². The van der Waals surface area contributed by atoms with Crippen molar-refractivity contribution in [3.05, 3.63) is 57.4 Å². The van der Waals surface area contributed by atoms with Crippen LogP contribution >= 0.6 is 22.6 Å². The predicted octanol–water partition coefficient (Wildman–Crippen LogP) is 3.62. The Morgan fingerprint density at radius 2 is 2.05 bits per heavy atom. The lowest BCUT2D eigenvalue weighted by Gasteiger charge is -2.08. The van der Waals surface area contributed by atoms with Crippen molar-refractivity contribution in [2.75, 3.05) is 12.4 Å². The molecule has 0 spiro atoms. The van der Waals surface area contributed by atoms with Crippen LogP contribution in [-0.2, 0) is 11.2 Å². The van der Waals surface area contributed by atoms with Gasteiger partial charge in [0.1, 0.15) is 0 Å². The molecule has 0 aliphatic rings. The van der Waals surface area contributed by atoms with E-state index in [9.17, 15) is 9.18 Å². The smallest absolute Gasteiger partial charge is 0.228 e. The van der Waals surface area contributed by atoms with Crippen LogP contribution in [0.3, 0.4) is 0 Å². The van der Waals surface area contributed by atoms with Gasteiger partial charge in [-0.3, -0.25) is 4.79 Å². The van der Waals surface area contributed by atoms with Gasteiger partial charge in [-0.2, -0.15) is 0 Å². The minimum absolute atomic E-state index is 0.117. The highest BCUT2D eigenvalue weighted by molar-refractivity contribution is 14.1. The first-order valence-electron chi connectivity index (χ1n) is 5.97. The van der Waals surface area contributed by atoms with E-state index in [1.807, 2.05) is 24.3 Å². The monoisotopic (exact) mass is 385 g/mol. The number of rotatable bonds is 4. The molecule has 0 aliphatic heterocycles. The van der Waals surface area contributed by atoms with Crippen molar-refractivity contribution >= 4 is 34.2 Å². The summed E-state index contributed by atoms with van der Waals surface area (Å²) in [5.74, 6) is -0.474. The van der Waals surface area contributed by atoms with E-state index >= 15 is 0 Å². The molecular formula is C15H13FINO2. The van der Waals surface area contributed by atoms with Gasteiger partial charge < -0.3 is 10.1 Å². The van der Waals surface area contributed by atoms with Crippen LogP contribution in [0.4, 0.5) is 10.1 Å². The van der Waals surface area contributed by atoms with Crippen molar-refractivity contribution in [1.29, 1.82) is 0 Å². The number of amides is 1. The molecule has 0 heterocycles. The van der Waals surface area contributed by atoms with Gasteiger partial charge >= 0.3 is 0 Å². The molecule has 3 nitrogen and oxygen atoms in total. The summed E-state index contributed by atoms with van der Waals surface area (Å²) >= 11 is 2.15. The molecule has 0 fully saturated rings. The van der Waals surface area contributed by atoms with Gasteiger partial charge in [-0.15, -0.1) is 0 Å². The number of halogens is 2. The number of nitrogens with one attached hydrogen (secondary N) is 1. The first-order valence-corrected chi connectivity index (χ1v) is 7.05. The molecule has 0 radical (unpaired) electrons. The van der Waals surface area contributed by atoms with Crippen LogP contribution in [0.1, 0.15) is 5.56 Å². The molecule has 0 atom stereocenters. The number of anilines is 1. The van der Waals surface area contributed by atoms with Crippen LogP contribution < -0.4 is 10.1 Å². The summed E-state index contributed by atoms with van der Waals surface area (Å²) in [6.07, 6.45) is 0.117. The van der Waals surface area contributed by atoms with Gasteiger partial charge in [-0.1, -0.05) is 18.2 Å². The second kappa shape index (κ2) is 6.69. The Morgan fingerprint density at radius 1 is 1.30 bits per heavy atom. The van der Waals surface area contributed by atoms with E-state index in [0.29, 0.717) is 5.56 Å². The quantitative estimate of drug-likeness (QED) is 0.817. The third-order valence-corrected chi connectivity index (χ3v) is 3.67. The maximum atomic E-state index is 13.5. The molecule has 5 heteroatoms. The molecule has 1 N–H and O–H groups in total. The van der Waals surface area contributed by atoms with Gasteiger partial charge in [0.2, 0.25) is 5.91 Å². The number of carbonyl (C=O) groups is 1. The van der Waals surface area contributed by atoms with Gasteiger partial charge in [0.05, 0.1) is 19.2 Å². The van der Waals surface area contributed by atoms with Gasteiger partial charge in [0.15, 0.2) is 11.6 Å². The van der Waals surface area contributed by atoms with Crippen molar-refractivity contribution in [3.8, 4) is 5.75 Å². The zero-order valence-corrected chi connectivity index (χ0v) is 13.0. The van der Waals surface area contributed by atoms with Crippen LogP contribution in [0, 0.1) is 9.39 Å². The summed E-state index contributed by atoms with van der Waals surface area (Å²) in [7, 11) is 1.40. The van der Waals surface area contributed by atoms with Gasteiger partial charge in [-0.25, -0.2) is 4.39 Å². The third-order valence-electron chi connectivity index (χ3n) is 2.73. The maximum absolute atomic E-state index is 13.5. The summed E-state index contributed by atoms with van der Waals surface area (Å²) in [5, 5.41) is 2.81. The molecule has 2 aromatic carbocycles. The lowest BCUT2D eigenvalue weighted by molar-refractivity contribution is -0.115. The van der Waals surface area contributed by atoms with Crippen LogP contribution in [0.5, 0.6) is 5.75 Å². The second-order valence-electron chi connectivity index (χ2n) is 4.17. The number of para-hydroxylation sites is 1. The van der Waals surface area contributed by atoms with Crippen LogP contribution in [0.2, 0.25) is 0 Å². The average molecular weight is 385 g/mol. The number of hydrogen-bond acceptors (Lipinski definition) is 2. The molecule has 104 valence electrons. The largest absolute Gasteiger partial charge is 0.494 e. The number of methoxy groups -OCH3 is 1. The summed E-state index contributed by atoms with van der Waals surface area (Å²) in [4.78, 5) is 11.9. The van der Waals surface area contributed by atoms with Crippen molar-refractivity contribution in [2.24, 2.45) is 0 Å². The molecule has 2 aromatic rings. The number of benzene rings is 2. The van der Waals surface area contributed by atoms with E-state index < -0.39 is 5.82 Å². The minimum atomic E-state index is -0.466. The zero-order chi connectivity index (χ0) is 14.5. The zero-order valence-electron chi connectivity index (χ0n) is 10.8. The fourth-order valence-electron chi connectivity index (χ4n) is 1.76. The lowest BCUT2D eigenvalue weighted by atomic mass is 10.1. The summed E-state index contributed by atoms with van der Waals surface area (Å²) < 4.78 is 19.3. The standard InChI is InChI=1S/C15H13FINO2/c1-20-14-7-6-10(8-11(14)16)9-15(19)18-13-5-3-2-4-12(13)17/h2-8H,9H2,1H3,(H,18,19). The Kier molecular flexibility index (Phi) is 4.94. The molecule has 0 aromatic heterocycles. The fourth-order valence-corrected chi connectivity index (χ4v) is 2.28. The molecule has 0 unspecified atom stereocenters. The van der Waals surface area contributed by atoms with Crippen LogP contribution in [0.25, 0.3) is 0 Å². The molecule has 2 rings (SSSR count). The molecule has 1 amide bonds. The highest BCUT2D eigenvalue weighted by atomic mass is 127. The van der Waals surface area contributed by atoms with Gasteiger partial charge in [0.25, 0.3) is 0 Å². The average Bonchev–Trinajstić information content (AvgIpc) is 2.41. The van der Waals surface area contributed by atoms with Crippen molar-refractivity contribution in [3.63, 3.8) is 0 Å². The molecule has 0 bridgehead atoms. The normalized spacial score (nSPS) is 10.2. The number of carbonyl (C=O) groups excluding carboxylic acids is 1. The molecule has 0 saturated heterocycles. The van der Waals surface area contributed by atoms with E-state index in [2.05, 4.69) is 27.9 Å².